The van der Waals surface area contributed by atoms with Crippen molar-refractivity contribution in [3.8, 4) is 0 Å². The molecule has 1 atom stereocenters. The number of fused-ring (bicyclic) bond motifs is 1. The lowest BCUT2D eigenvalue weighted by Gasteiger charge is -2.16. The van der Waals surface area contributed by atoms with E-state index in [1.165, 1.54) is 29.5 Å². The predicted octanol–water partition coefficient (Wildman–Crippen LogP) is 5.37. The van der Waals surface area contributed by atoms with E-state index in [0.717, 1.165) is 27.1 Å². The monoisotopic (exact) mass is 408 g/mol. The lowest BCUT2D eigenvalue weighted by molar-refractivity contribution is -0.115. The van der Waals surface area contributed by atoms with Crippen LogP contribution in [-0.4, -0.2) is 27.2 Å². The minimum absolute atomic E-state index is 0.140. The molecule has 29 heavy (non-hydrogen) atoms. The van der Waals surface area contributed by atoms with Gasteiger partial charge in [0.2, 0.25) is 5.91 Å². The number of carboxylic acid groups (broad SMARTS) is 1. The molecule has 1 amide bonds. The Kier molecular flexibility index (Phi) is 6.23. The first-order valence-electron chi connectivity index (χ1n) is 9.48. The maximum absolute atomic E-state index is 12.8. The van der Waals surface area contributed by atoms with Crippen molar-refractivity contribution in [1.82, 2.24) is 4.98 Å². The van der Waals surface area contributed by atoms with Crippen LogP contribution in [0.5, 0.6) is 0 Å². The summed E-state index contributed by atoms with van der Waals surface area (Å²) in [6.45, 7) is 8.14. The van der Waals surface area contributed by atoms with Crippen LogP contribution < -0.4 is 5.32 Å². The van der Waals surface area contributed by atoms with Gasteiger partial charge in [-0.1, -0.05) is 36.4 Å². The molecule has 2 N–H and O–H groups in total. The number of thioether (sulfide) groups is 1. The molecule has 0 fully saturated rings. The van der Waals surface area contributed by atoms with Crippen molar-refractivity contribution in [2.24, 2.45) is 0 Å². The third kappa shape index (κ3) is 4.77. The number of hydrogen-bond acceptors (Lipinski definition) is 4. The number of carbonyl (C=O) groups excluding carboxylic acids is 1. The van der Waals surface area contributed by atoms with Crippen molar-refractivity contribution in [2.75, 3.05) is 5.32 Å². The number of carboxylic acids is 1. The molecule has 1 heterocycles. The zero-order chi connectivity index (χ0) is 21.1. The van der Waals surface area contributed by atoms with Gasteiger partial charge in [0.25, 0.3) is 0 Å². The fourth-order valence-electron chi connectivity index (χ4n) is 3.30. The van der Waals surface area contributed by atoms with E-state index in [9.17, 15) is 9.59 Å². The van der Waals surface area contributed by atoms with E-state index in [1.54, 1.807) is 12.1 Å². The van der Waals surface area contributed by atoms with E-state index in [4.69, 9.17) is 10.1 Å². The van der Waals surface area contributed by atoms with Gasteiger partial charge in [0.15, 0.2) is 0 Å². The molecule has 0 aliphatic rings. The Morgan fingerprint density at radius 2 is 1.86 bits per heavy atom. The molecule has 0 aliphatic carbocycles. The average Bonchev–Trinajstić information content (AvgIpc) is 2.67. The molecular weight excluding hydrogens is 384 g/mol. The smallest absolute Gasteiger partial charge is 0.335 e. The van der Waals surface area contributed by atoms with Crippen LogP contribution in [0.3, 0.4) is 0 Å². The maximum atomic E-state index is 12.8. The SMILES string of the molecule is CCC(Sc1cc(C)c2cc(C)cc(C)c2n1)C(=O)Nc1cccc(C(=O)O)c1. The number of aryl methyl sites for hydroxylation is 3. The second-order valence-corrected chi connectivity index (χ2v) is 8.37. The molecule has 0 spiro atoms. The first-order valence-corrected chi connectivity index (χ1v) is 10.4. The molecule has 6 heteroatoms. The second-order valence-electron chi connectivity index (χ2n) is 7.15. The van der Waals surface area contributed by atoms with Gasteiger partial charge in [-0.15, -0.1) is 0 Å². The van der Waals surface area contributed by atoms with E-state index in [1.807, 2.05) is 13.0 Å². The minimum atomic E-state index is -1.02. The number of nitrogens with zero attached hydrogens (tertiary/aromatic N) is 1. The van der Waals surface area contributed by atoms with Crippen molar-refractivity contribution < 1.29 is 14.7 Å². The summed E-state index contributed by atoms with van der Waals surface area (Å²) in [7, 11) is 0. The Hall–Kier alpha value is -2.86. The van der Waals surface area contributed by atoms with E-state index in [0.29, 0.717) is 12.1 Å². The van der Waals surface area contributed by atoms with Crippen LogP contribution in [0.1, 0.15) is 40.4 Å². The highest BCUT2D eigenvalue weighted by Gasteiger charge is 2.20. The molecule has 5 nitrogen and oxygen atoms in total. The molecular formula is C23H24N2O3S. The number of benzene rings is 2. The van der Waals surface area contributed by atoms with Crippen molar-refractivity contribution in [3.63, 3.8) is 0 Å². The zero-order valence-electron chi connectivity index (χ0n) is 16.9. The van der Waals surface area contributed by atoms with Gasteiger partial charge < -0.3 is 10.4 Å². The highest BCUT2D eigenvalue weighted by atomic mass is 32.2. The predicted molar refractivity (Wildman–Crippen MR) is 118 cm³/mol. The van der Waals surface area contributed by atoms with Crippen molar-refractivity contribution in [2.45, 2.75) is 44.4 Å². The molecule has 0 bridgehead atoms. The van der Waals surface area contributed by atoms with Crippen LogP contribution in [0.2, 0.25) is 0 Å². The normalized spacial score (nSPS) is 12.0. The Morgan fingerprint density at radius 1 is 1.10 bits per heavy atom. The van der Waals surface area contributed by atoms with Crippen LogP contribution in [0.15, 0.2) is 47.5 Å². The molecule has 3 aromatic rings. The number of amides is 1. The molecule has 0 radical (unpaired) electrons. The lowest BCUT2D eigenvalue weighted by Crippen LogP contribution is -2.24. The summed E-state index contributed by atoms with van der Waals surface area (Å²) in [6.07, 6.45) is 0.626. The fourth-order valence-corrected chi connectivity index (χ4v) is 4.31. The van der Waals surface area contributed by atoms with Crippen LogP contribution in [0.4, 0.5) is 5.69 Å². The summed E-state index contributed by atoms with van der Waals surface area (Å²) in [5.41, 5.74) is 5.03. The highest BCUT2D eigenvalue weighted by molar-refractivity contribution is 8.00. The van der Waals surface area contributed by atoms with Gasteiger partial charge in [-0.25, -0.2) is 9.78 Å². The topological polar surface area (TPSA) is 79.3 Å². The third-order valence-corrected chi connectivity index (χ3v) is 6.02. The van der Waals surface area contributed by atoms with Gasteiger partial charge in [0.1, 0.15) is 0 Å². The van der Waals surface area contributed by atoms with Gasteiger partial charge in [0.05, 0.1) is 21.4 Å². The van der Waals surface area contributed by atoms with Crippen LogP contribution in [0, 0.1) is 20.8 Å². The molecule has 150 valence electrons. The average molecular weight is 409 g/mol. The third-order valence-electron chi connectivity index (χ3n) is 4.73. The highest BCUT2D eigenvalue weighted by Crippen LogP contribution is 2.30. The molecule has 3 rings (SSSR count). The van der Waals surface area contributed by atoms with Crippen molar-refractivity contribution >= 4 is 40.2 Å². The number of rotatable bonds is 6. The Bertz CT molecular complexity index is 1090. The fraction of sp³-hybridized carbons (Fsp3) is 0.261. The lowest BCUT2D eigenvalue weighted by atomic mass is 10.0. The summed E-state index contributed by atoms with van der Waals surface area (Å²) >= 11 is 1.43. The molecule has 2 aromatic carbocycles. The van der Waals surface area contributed by atoms with E-state index in [2.05, 4.69) is 38.2 Å². The molecule has 1 unspecified atom stereocenters. The van der Waals surface area contributed by atoms with Crippen molar-refractivity contribution in [3.05, 3.63) is 64.7 Å². The molecule has 1 aromatic heterocycles. The number of aromatic nitrogens is 1. The van der Waals surface area contributed by atoms with Crippen LogP contribution in [-0.2, 0) is 4.79 Å². The van der Waals surface area contributed by atoms with Gasteiger partial charge in [-0.3, -0.25) is 4.79 Å². The second kappa shape index (κ2) is 8.66. The number of pyridine rings is 1. The Labute approximate surface area is 174 Å². The van der Waals surface area contributed by atoms with Crippen LogP contribution >= 0.6 is 11.8 Å². The Balaban J connectivity index is 1.83. The minimum Gasteiger partial charge on any atom is -0.478 e. The molecule has 0 saturated heterocycles. The zero-order valence-corrected chi connectivity index (χ0v) is 17.8. The number of anilines is 1. The summed E-state index contributed by atoms with van der Waals surface area (Å²) in [5, 5.41) is 13.6. The summed E-state index contributed by atoms with van der Waals surface area (Å²) in [4.78, 5) is 28.7. The van der Waals surface area contributed by atoms with Gasteiger partial charge in [-0.05, 0) is 68.7 Å². The first kappa shape index (κ1) is 20.9. The molecule has 0 aliphatic heterocycles. The standard InChI is InChI=1S/C23H24N2O3S/c1-5-19(22(26)24-17-8-6-7-16(12-17)23(27)28)29-20-11-14(3)18-10-13(2)9-15(4)21(18)25-20/h6-12,19H,5H2,1-4H3,(H,24,26)(H,27,28). The van der Waals surface area contributed by atoms with Crippen molar-refractivity contribution in [1.29, 1.82) is 0 Å². The van der Waals surface area contributed by atoms with E-state index < -0.39 is 5.97 Å². The van der Waals surface area contributed by atoms with E-state index >= 15 is 0 Å². The summed E-state index contributed by atoms with van der Waals surface area (Å²) in [6, 6.07) is 12.5. The quantitative estimate of drug-likeness (QED) is 0.536. The summed E-state index contributed by atoms with van der Waals surface area (Å²) < 4.78 is 0. The Morgan fingerprint density at radius 3 is 2.55 bits per heavy atom. The number of aromatic carboxylic acids is 1. The number of carbonyl (C=O) groups is 2. The van der Waals surface area contributed by atoms with Gasteiger partial charge in [-0.2, -0.15) is 0 Å². The van der Waals surface area contributed by atoms with Gasteiger partial charge >= 0.3 is 5.97 Å². The number of hydrogen-bond donors (Lipinski definition) is 2. The summed E-state index contributed by atoms with van der Waals surface area (Å²) in [5.74, 6) is -1.19. The van der Waals surface area contributed by atoms with Gasteiger partial charge in [0, 0.05) is 11.1 Å². The maximum Gasteiger partial charge on any atom is 0.335 e. The van der Waals surface area contributed by atoms with Crippen LogP contribution in [0.25, 0.3) is 10.9 Å². The van der Waals surface area contributed by atoms with E-state index in [-0.39, 0.29) is 16.7 Å². The number of nitrogens with one attached hydrogen (secondary N) is 1. The first-order chi connectivity index (χ1) is 13.8. The largest absolute Gasteiger partial charge is 0.478 e. The molecule has 0 saturated carbocycles.